The van der Waals surface area contributed by atoms with Crippen molar-refractivity contribution in [1.29, 1.82) is 0 Å². The molecule has 0 radical (unpaired) electrons. The lowest BCUT2D eigenvalue weighted by Crippen LogP contribution is -1.81. The van der Waals surface area contributed by atoms with Crippen LogP contribution in [0, 0.1) is 6.92 Å². The van der Waals surface area contributed by atoms with Gasteiger partial charge in [0.2, 0.25) is 0 Å². The molecule has 0 N–H and O–H groups in total. The van der Waals surface area contributed by atoms with Crippen molar-refractivity contribution in [2.45, 2.75) is 16.0 Å². The summed E-state index contributed by atoms with van der Waals surface area (Å²) in [5, 5.41) is 2.13. The number of aryl methyl sites for hydroxylation is 1. The molecule has 78 valence electrons. The number of benzene rings is 1. The third-order valence-electron chi connectivity index (χ3n) is 2.09. The summed E-state index contributed by atoms with van der Waals surface area (Å²) in [5.41, 5.74) is 1.35. The summed E-state index contributed by atoms with van der Waals surface area (Å²) in [7, 11) is 1.69. The minimum Gasteiger partial charge on any atom is -0.497 e. The van der Waals surface area contributed by atoms with E-state index in [0.29, 0.717) is 0 Å². The predicted molar refractivity (Wildman–Crippen MR) is 66.2 cm³/mol. The van der Waals surface area contributed by atoms with Crippen LogP contribution >= 0.6 is 23.1 Å². The van der Waals surface area contributed by atoms with E-state index in [2.05, 4.69) is 30.5 Å². The van der Waals surface area contributed by atoms with Crippen LogP contribution < -0.4 is 4.74 Å². The Morgan fingerprint density at radius 3 is 2.40 bits per heavy atom. The number of rotatable bonds is 3. The van der Waals surface area contributed by atoms with Gasteiger partial charge in [-0.2, -0.15) is 0 Å². The topological polar surface area (TPSA) is 9.23 Å². The molecule has 0 saturated heterocycles. The van der Waals surface area contributed by atoms with Crippen LogP contribution in [0.4, 0.5) is 0 Å². The van der Waals surface area contributed by atoms with Gasteiger partial charge in [0.15, 0.2) is 0 Å². The van der Waals surface area contributed by atoms with Gasteiger partial charge in [0.25, 0.3) is 0 Å². The molecule has 1 aromatic carbocycles. The van der Waals surface area contributed by atoms with E-state index in [1.165, 1.54) is 14.7 Å². The Kier molecular flexibility index (Phi) is 3.34. The first-order valence-electron chi connectivity index (χ1n) is 4.65. The SMILES string of the molecule is COc1ccc(Sc2sccc2C)cc1. The maximum atomic E-state index is 5.12. The zero-order valence-electron chi connectivity index (χ0n) is 8.69. The number of hydrogen-bond acceptors (Lipinski definition) is 3. The minimum atomic E-state index is 0.905. The lowest BCUT2D eigenvalue weighted by molar-refractivity contribution is 0.414. The van der Waals surface area contributed by atoms with Crippen molar-refractivity contribution in [1.82, 2.24) is 0 Å². The van der Waals surface area contributed by atoms with E-state index >= 15 is 0 Å². The molecule has 0 saturated carbocycles. The number of ether oxygens (including phenoxy) is 1. The zero-order valence-corrected chi connectivity index (χ0v) is 10.3. The first-order chi connectivity index (χ1) is 7.29. The van der Waals surface area contributed by atoms with Crippen LogP contribution in [0.15, 0.2) is 44.8 Å². The van der Waals surface area contributed by atoms with E-state index in [0.717, 1.165) is 5.75 Å². The predicted octanol–water partition coefficient (Wildman–Crippen LogP) is 4.22. The number of hydrogen-bond donors (Lipinski definition) is 0. The molecule has 0 aliphatic heterocycles. The lowest BCUT2D eigenvalue weighted by Gasteiger charge is -2.02. The van der Waals surface area contributed by atoms with Gasteiger partial charge in [-0.1, -0.05) is 11.8 Å². The van der Waals surface area contributed by atoms with Gasteiger partial charge in [-0.25, -0.2) is 0 Å². The summed E-state index contributed by atoms with van der Waals surface area (Å²) in [5.74, 6) is 0.905. The van der Waals surface area contributed by atoms with Crippen LogP contribution in [0.1, 0.15) is 5.56 Å². The molecule has 0 fully saturated rings. The summed E-state index contributed by atoms with van der Waals surface area (Å²) in [6.07, 6.45) is 0. The summed E-state index contributed by atoms with van der Waals surface area (Å²) in [6.45, 7) is 2.14. The fourth-order valence-electron chi connectivity index (χ4n) is 1.21. The molecular weight excluding hydrogens is 224 g/mol. The molecule has 0 unspecified atom stereocenters. The standard InChI is InChI=1S/C12H12OS2/c1-9-7-8-14-12(9)15-11-5-3-10(13-2)4-6-11/h3-8H,1-2H3. The van der Waals surface area contributed by atoms with Crippen molar-refractivity contribution in [3.63, 3.8) is 0 Å². The second-order valence-corrected chi connectivity index (χ2v) is 5.43. The first kappa shape index (κ1) is 10.6. The summed E-state index contributed by atoms with van der Waals surface area (Å²) >= 11 is 3.59. The second kappa shape index (κ2) is 4.73. The highest BCUT2D eigenvalue weighted by atomic mass is 32.2. The first-order valence-corrected chi connectivity index (χ1v) is 6.35. The molecule has 0 spiro atoms. The Morgan fingerprint density at radius 2 is 1.87 bits per heavy atom. The molecular formula is C12H12OS2. The monoisotopic (exact) mass is 236 g/mol. The van der Waals surface area contributed by atoms with Gasteiger partial charge in [0, 0.05) is 4.90 Å². The minimum absolute atomic E-state index is 0.905. The Bertz CT molecular complexity index is 431. The summed E-state index contributed by atoms with van der Waals surface area (Å²) in [4.78, 5) is 1.25. The molecule has 1 heterocycles. The summed E-state index contributed by atoms with van der Waals surface area (Å²) < 4.78 is 6.48. The zero-order chi connectivity index (χ0) is 10.7. The average Bonchev–Trinajstić information content (AvgIpc) is 2.66. The fraction of sp³-hybridized carbons (Fsp3) is 0.167. The summed E-state index contributed by atoms with van der Waals surface area (Å²) in [6, 6.07) is 10.3. The Morgan fingerprint density at radius 1 is 1.13 bits per heavy atom. The van der Waals surface area contributed by atoms with Gasteiger partial charge in [-0.05, 0) is 48.2 Å². The maximum absolute atomic E-state index is 5.12. The smallest absolute Gasteiger partial charge is 0.118 e. The van der Waals surface area contributed by atoms with E-state index in [-0.39, 0.29) is 0 Å². The van der Waals surface area contributed by atoms with Crippen molar-refractivity contribution in [3.05, 3.63) is 41.3 Å². The van der Waals surface area contributed by atoms with Gasteiger partial charge in [0.05, 0.1) is 11.3 Å². The molecule has 0 aliphatic carbocycles. The Balaban J connectivity index is 2.14. The van der Waals surface area contributed by atoms with Gasteiger partial charge >= 0.3 is 0 Å². The van der Waals surface area contributed by atoms with Gasteiger partial charge in [0.1, 0.15) is 5.75 Å². The van der Waals surface area contributed by atoms with E-state index < -0.39 is 0 Å². The third kappa shape index (κ3) is 2.55. The van der Waals surface area contributed by atoms with Crippen LogP contribution in [0.3, 0.4) is 0 Å². The van der Waals surface area contributed by atoms with Crippen LogP contribution in [0.2, 0.25) is 0 Å². The molecule has 2 rings (SSSR count). The third-order valence-corrected chi connectivity index (χ3v) is 4.45. The Labute approximate surface area is 98.1 Å². The van der Waals surface area contributed by atoms with Crippen molar-refractivity contribution in [2.24, 2.45) is 0 Å². The normalized spacial score (nSPS) is 10.3. The van der Waals surface area contributed by atoms with Gasteiger partial charge in [-0.15, -0.1) is 11.3 Å². The van der Waals surface area contributed by atoms with Crippen LogP contribution in [0.25, 0.3) is 0 Å². The molecule has 0 amide bonds. The van der Waals surface area contributed by atoms with Crippen molar-refractivity contribution < 1.29 is 4.74 Å². The number of thiophene rings is 1. The highest BCUT2D eigenvalue weighted by Gasteiger charge is 2.02. The van der Waals surface area contributed by atoms with Crippen LogP contribution in [-0.2, 0) is 0 Å². The maximum Gasteiger partial charge on any atom is 0.118 e. The van der Waals surface area contributed by atoms with Gasteiger partial charge < -0.3 is 4.74 Å². The van der Waals surface area contributed by atoms with Crippen molar-refractivity contribution >= 4 is 23.1 Å². The molecule has 0 aliphatic rings. The molecule has 1 aromatic heterocycles. The van der Waals surface area contributed by atoms with E-state index in [1.807, 2.05) is 12.1 Å². The second-order valence-electron chi connectivity index (χ2n) is 3.17. The molecule has 15 heavy (non-hydrogen) atoms. The van der Waals surface area contributed by atoms with Crippen LogP contribution in [-0.4, -0.2) is 7.11 Å². The highest BCUT2D eigenvalue weighted by molar-refractivity contribution is 8.01. The molecule has 3 heteroatoms. The largest absolute Gasteiger partial charge is 0.497 e. The fourth-order valence-corrected chi connectivity index (χ4v) is 3.23. The van der Waals surface area contributed by atoms with Crippen molar-refractivity contribution in [3.8, 4) is 5.75 Å². The average molecular weight is 236 g/mol. The van der Waals surface area contributed by atoms with E-state index in [4.69, 9.17) is 4.74 Å². The van der Waals surface area contributed by atoms with Gasteiger partial charge in [-0.3, -0.25) is 0 Å². The van der Waals surface area contributed by atoms with E-state index in [1.54, 1.807) is 30.2 Å². The molecule has 0 bridgehead atoms. The molecule has 2 aromatic rings. The van der Waals surface area contributed by atoms with E-state index in [9.17, 15) is 0 Å². The quantitative estimate of drug-likeness (QED) is 0.789. The lowest BCUT2D eigenvalue weighted by atomic mass is 10.3. The van der Waals surface area contributed by atoms with Crippen LogP contribution in [0.5, 0.6) is 5.75 Å². The molecule has 0 atom stereocenters. The highest BCUT2D eigenvalue weighted by Crippen LogP contribution is 2.34. The Hall–Kier alpha value is -0.930. The van der Waals surface area contributed by atoms with Crippen molar-refractivity contribution in [2.75, 3.05) is 7.11 Å². The number of methoxy groups -OCH3 is 1. The molecule has 1 nitrogen and oxygen atoms in total.